The molecule has 4 rings (SSSR count). The standard InChI is InChI=1S/C22H18F3N3OS/c1-13-6-4-5-7-17(13)20-26-21(28(3)27-20)18-12-30-19(14(18)2)15-8-10-16(11-9-15)29-22(23,24)25/h4-12H,1-3H3. The Morgan fingerprint density at radius 2 is 1.67 bits per heavy atom. The van der Waals surface area contributed by atoms with Gasteiger partial charge in [-0.25, -0.2) is 9.67 Å². The van der Waals surface area contributed by atoms with Gasteiger partial charge in [0.05, 0.1) is 0 Å². The molecule has 0 aliphatic rings. The molecule has 2 aromatic heterocycles. The van der Waals surface area contributed by atoms with Crippen LogP contribution in [0.5, 0.6) is 5.75 Å². The van der Waals surface area contributed by atoms with Crippen LogP contribution in [0, 0.1) is 13.8 Å². The van der Waals surface area contributed by atoms with Crippen LogP contribution in [0.1, 0.15) is 11.1 Å². The molecule has 0 N–H and O–H groups in total. The van der Waals surface area contributed by atoms with Crippen molar-refractivity contribution in [3.63, 3.8) is 0 Å². The molecule has 0 amide bonds. The second-order valence-electron chi connectivity index (χ2n) is 6.87. The molecule has 0 atom stereocenters. The van der Waals surface area contributed by atoms with Gasteiger partial charge in [0.25, 0.3) is 0 Å². The number of ether oxygens (including phenoxy) is 1. The molecule has 0 fully saturated rings. The molecule has 0 unspecified atom stereocenters. The molecule has 2 heterocycles. The molecule has 0 aliphatic heterocycles. The molecule has 0 bridgehead atoms. The van der Waals surface area contributed by atoms with Gasteiger partial charge in [0.2, 0.25) is 0 Å². The van der Waals surface area contributed by atoms with Gasteiger partial charge in [0.15, 0.2) is 11.6 Å². The number of alkyl halides is 3. The first-order chi connectivity index (χ1) is 14.2. The summed E-state index contributed by atoms with van der Waals surface area (Å²) >= 11 is 1.52. The quantitative estimate of drug-likeness (QED) is 0.377. The number of rotatable bonds is 4. The molecule has 0 spiro atoms. The summed E-state index contributed by atoms with van der Waals surface area (Å²) < 4.78 is 42.8. The molecule has 0 saturated carbocycles. The second-order valence-corrected chi connectivity index (χ2v) is 7.75. The summed E-state index contributed by atoms with van der Waals surface area (Å²) in [5.74, 6) is 1.16. The van der Waals surface area contributed by atoms with Crippen molar-refractivity contribution >= 4 is 11.3 Å². The summed E-state index contributed by atoms with van der Waals surface area (Å²) in [7, 11) is 1.85. The zero-order chi connectivity index (χ0) is 21.5. The minimum atomic E-state index is -4.70. The number of aryl methyl sites for hydroxylation is 2. The monoisotopic (exact) mass is 429 g/mol. The molecule has 0 radical (unpaired) electrons. The molecular formula is C22H18F3N3OS. The van der Waals surface area contributed by atoms with Gasteiger partial charge in [-0.1, -0.05) is 24.3 Å². The van der Waals surface area contributed by atoms with E-state index in [-0.39, 0.29) is 5.75 Å². The predicted octanol–water partition coefficient (Wildman–Crippen LogP) is 6.39. The Kier molecular flexibility index (Phi) is 5.11. The van der Waals surface area contributed by atoms with Gasteiger partial charge in [0.1, 0.15) is 5.75 Å². The summed E-state index contributed by atoms with van der Waals surface area (Å²) in [6.45, 7) is 3.99. The van der Waals surface area contributed by atoms with Gasteiger partial charge in [-0.05, 0) is 54.8 Å². The molecule has 4 nitrogen and oxygen atoms in total. The van der Waals surface area contributed by atoms with E-state index in [1.54, 1.807) is 16.8 Å². The molecule has 4 aromatic rings. The topological polar surface area (TPSA) is 39.9 Å². The van der Waals surface area contributed by atoms with Crippen molar-refractivity contribution in [3.05, 3.63) is 65.0 Å². The number of nitrogens with zero attached hydrogens (tertiary/aromatic N) is 3. The van der Waals surface area contributed by atoms with E-state index in [1.165, 1.54) is 23.5 Å². The van der Waals surface area contributed by atoms with Crippen LogP contribution in [0.3, 0.4) is 0 Å². The van der Waals surface area contributed by atoms with Crippen LogP contribution in [0.4, 0.5) is 13.2 Å². The number of halogens is 3. The van der Waals surface area contributed by atoms with E-state index in [9.17, 15) is 13.2 Å². The van der Waals surface area contributed by atoms with E-state index in [0.717, 1.165) is 38.5 Å². The third-order valence-corrected chi connectivity index (χ3v) is 5.91. The number of aromatic nitrogens is 3. The lowest BCUT2D eigenvalue weighted by atomic mass is 10.1. The van der Waals surface area contributed by atoms with Crippen molar-refractivity contribution in [1.29, 1.82) is 0 Å². The maximum absolute atomic E-state index is 12.4. The van der Waals surface area contributed by atoms with Crippen LogP contribution in [0.25, 0.3) is 33.2 Å². The molecule has 2 aromatic carbocycles. The van der Waals surface area contributed by atoms with E-state index in [4.69, 9.17) is 4.98 Å². The van der Waals surface area contributed by atoms with Gasteiger partial charge in [0, 0.05) is 28.4 Å². The van der Waals surface area contributed by atoms with E-state index in [2.05, 4.69) is 9.84 Å². The normalized spacial score (nSPS) is 11.7. The maximum Gasteiger partial charge on any atom is 0.573 e. The first-order valence-corrected chi connectivity index (χ1v) is 10.0. The fourth-order valence-corrected chi connectivity index (χ4v) is 4.36. The van der Waals surface area contributed by atoms with Crippen LogP contribution >= 0.6 is 11.3 Å². The fraction of sp³-hybridized carbons (Fsp3) is 0.182. The van der Waals surface area contributed by atoms with Crippen LogP contribution in [0.15, 0.2) is 53.9 Å². The summed E-state index contributed by atoms with van der Waals surface area (Å²) in [6.07, 6.45) is -4.70. The lowest BCUT2D eigenvalue weighted by molar-refractivity contribution is -0.274. The summed E-state index contributed by atoms with van der Waals surface area (Å²) in [5.41, 5.74) is 4.84. The molecule has 0 aliphatic carbocycles. The van der Waals surface area contributed by atoms with E-state index < -0.39 is 6.36 Å². The zero-order valence-corrected chi connectivity index (χ0v) is 17.3. The van der Waals surface area contributed by atoms with Crippen molar-refractivity contribution in [1.82, 2.24) is 14.8 Å². The number of hydrogen-bond acceptors (Lipinski definition) is 4. The highest BCUT2D eigenvalue weighted by Gasteiger charge is 2.31. The van der Waals surface area contributed by atoms with Crippen LogP contribution in [-0.2, 0) is 7.05 Å². The van der Waals surface area contributed by atoms with Crippen LogP contribution in [-0.4, -0.2) is 21.1 Å². The zero-order valence-electron chi connectivity index (χ0n) is 16.5. The highest BCUT2D eigenvalue weighted by Crippen LogP contribution is 2.38. The van der Waals surface area contributed by atoms with E-state index in [1.807, 2.05) is 50.5 Å². The van der Waals surface area contributed by atoms with Crippen molar-refractivity contribution in [2.45, 2.75) is 20.2 Å². The summed E-state index contributed by atoms with van der Waals surface area (Å²) in [5, 5.41) is 6.57. The van der Waals surface area contributed by atoms with Crippen molar-refractivity contribution in [2.75, 3.05) is 0 Å². The third kappa shape index (κ3) is 3.95. The van der Waals surface area contributed by atoms with Gasteiger partial charge in [-0.15, -0.1) is 24.5 Å². The Labute approximate surface area is 175 Å². The predicted molar refractivity (Wildman–Crippen MR) is 111 cm³/mol. The molecule has 154 valence electrons. The Balaban J connectivity index is 1.67. The summed E-state index contributed by atoms with van der Waals surface area (Å²) in [6, 6.07) is 13.8. The average molecular weight is 429 g/mol. The van der Waals surface area contributed by atoms with Crippen LogP contribution < -0.4 is 4.74 Å². The van der Waals surface area contributed by atoms with E-state index >= 15 is 0 Å². The van der Waals surface area contributed by atoms with Gasteiger partial charge < -0.3 is 4.74 Å². The largest absolute Gasteiger partial charge is 0.573 e. The Morgan fingerprint density at radius 3 is 2.33 bits per heavy atom. The maximum atomic E-state index is 12.4. The van der Waals surface area contributed by atoms with Gasteiger partial charge >= 0.3 is 6.36 Å². The molecule has 0 saturated heterocycles. The van der Waals surface area contributed by atoms with Crippen molar-refractivity contribution in [3.8, 4) is 39.0 Å². The average Bonchev–Trinajstić information content (AvgIpc) is 3.24. The van der Waals surface area contributed by atoms with Crippen molar-refractivity contribution in [2.24, 2.45) is 7.05 Å². The summed E-state index contributed by atoms with van der Waals surface area (Å²) in [4.78, 5) is 5.71. The highest BCUT2D eigenvalue weighted by atomic mass is 32.1. The number of benzene rings is 2. The fourth-order valence-electron chi connectivity index (χ4n) is 3.29. The van der Waals surface area contributed by atoms with Gasteiger partial charge in [-0.2, -0.15) is 5.10 Å². The van der Waals surface area contributed by atoms with Gasteiger partial charge in [-0.3, -0.25) is 0 Å². The smallest absolute Gasteiger partial charge is 0.406 e. The first-order valence-electron chi connectivity index (χ1n) is 9.14. The molecule has 30 heavy (non-hydrogen) atoms. The Hall–Kier alpha value is -3.13. The lowest BCUT2D eigenvalue weighted by Crippen LogP contribution is -2.16. The minimum absolute atomic E-state index is 0.239. The molecule has 8 heteroatoms. The van der Waals surface area contributed by atoms with Crippen molar-refractivity contribution < 1.29 is 17.9 Å². The van der Waals surface area contributed by atoms with E-state index in [0.29, 0.717) is 5.82 Å². The number of hydrogen-bond donors (Lipinski definition) is 0. The highest BCUT2D eigenvalue weighted by molar-refractivity contribution is 7.14. The number of thiophene rings is 1. The third-order valence-electron chi connectivity index (χ3n) is 4.78. The molecular weight excluding hydrogens is 411 g/mol. The minimum Gasteiger partial charge on any atom is -0.406 e. The lowest BCUT2D eigenvalue weighted by Gasteiger charge is -2.09. The SMILES string of the molecule is Cc1ccccc1-c1nc(-c2csc(-c3ccc(OC(F)(F)F)cc3)c2C)n(C)n1. The van der Waals surface area contributed by atoms with Crippen LogP contribution in [0.2, 0.25) is 0 Å². The Bertz CT molecular complexity index is 1190. The second kappa shape index (κ2) is 7.60. The Morgan fingerprint density at radius 1 is 0.967 bits per heavy atom. The first kappa shape index (κ1) is 20.2.